The van der Waals surface area contributed by atoms with Gasteiger partial charge in [-0.3, -0.25) is 4.79 Å². The summed E-state index contributed by atoms with van der Waals surface area (Å²) in [4.78, 5) is 12.0. The van der Waals surface area contributed by atoms with E-state index in [1.165, 1.54) is 6.07 Å². The Morgan fingerprint density at radius 1 is 1.13 bits per heavy atom. The molecule has 0 aliphatic carbocycles. The molecule has 4 N–H and O–H groups in total. The molecule has 2 rings (SSSR count). The standard InChI is InChI=1S/C16H12F2N4O/c17-13-2-1-3-14(18)15(13)21-9-10(8-19)16(23)22-12-6-4-11(20)5-7-12/h1-7,9,21H,20H2,(H,22,23)/b10-9-. The highest BCUT2D eigenvalue weighted by Gasteiger charge is 2.11. The van der Waals surface area contributed by atoms with Gasteiger partial charge in [-0.15, -0.1) is 0 Å². The van der Waals surface area contributed by atoms with Gasteiger partial charge in [-0.25, -0.2) is 8.78 Å². The molecule has 0 saturated carbocycles. The van der Waals surface area contributed by atoms with Crippen LogP contribution < -0.4 is 16.4 Å². The smallest absolute Gasteiger partial charge is 0.267 e. The van der Waals surface area contributed by atoms with Crippen LogP contribution in [0.4, 0.5) is 25.8 Å². The monoisotopic (exact) mass is 314 g/mol. The normalized spacial score (nSPS) is 10.7. The van der Waals surface area contributed by atoms with Gasteiger partial charge < -0.3 is 16.4 Å². The summed E-state index contributed by atoms with van der Waals surface area (Å²) in [5.74, 6) is -2.39. The minimum atomic E-state index is -0.836. The van der Waals surface area contributed by atoms with Gasteiger partial charge in [0.05, 0.1) is 0 Å². The summed E-state index contributed by atoms with van der Waals surface area (Å²) < 4.78 is 26.9. The Bertz CT molecular complexity index is 774. The van der Waals surface area contributed by atoms with Crippen molar-refractivity contribution in [2.24, 2.45) is 0 Å². The van der Waals surface area contributed by atoms with Crippen molar-refractivity contribution in [1.82, 2.24) is 0 Å². The first kappa shape index (κ1) is 16.0. The van der Waals surface area contributed by atoms with E-state index in [2.05, 4.69) is 10.6 Å². The zero-order valence-electron chi connectivity index (χ0n) is 11.8. The largest absolute Gasteiger partial charge is 0.399 e. The lowest BCUT2D eigenvalue weighted by Crippen LogP contribution is -2.14. The van der Waals surface area contributed by atoms with Gasteiger partial charge in [0.25, 0.3) is 5.91 Å². The average molecular weight is 314 g/mol. The fourth-order valence-electron chi connectivity index (χ4n) is 1.69. The zero-order chi connectivity index (χ0) is 16.8. The molecule has 0 aromatic heterocycles. The predicted octanol–water partition coefficient (Wildman–Crippen LogP) is 3.01. The second-order valence-electron chi connectivity index (χ2n) is 4.49. The Morgan fingerprint density at radius 3 is 2.30 bits per heavy atom. The molecule has 5 nitrogen and oxygen atoms in total. The van der Waals surface area contributed by atoms with E-state index < -0.39 is 23.2 Å². The molecule has 2 aromatic carbocycles. The molecule has 0 atom stereocenters. The average Bonchev–Trinajstić information content (AvgIpc) is 2.52. The van der Waals surface area contributed by atoms with Crippen molar-refractivity contribution in [3.63, 3.8) is 0 Å². The Kier molecular flexibility index (Phi) is 4.89. The molecule has 2 aromatic rings. The number of hydrogen-bond donors (Lipinski definition) is 3. The van der Waals surface area contributed by atoms with E-state index in [0.717, 1.165) is 18.3 Å². The second-order valence-corrected chi connectivity index (χ2v) is 4.49. The van der Waals surface area contributed by atoms with Crippen LogP contribution in [-0.2, 0) is 4.79 Å². The molecule has 0 heterocycles. The number of rotatable bonds is 4. The lowest BCUT2D eigenvalue weighted by Gasteiger charge is -2.06. The molecule has 0 radical (unpaired) electrons. The van der Waals surface area contributed by atoms with Crippen LogP contribution in [0.1, 0.15) is 0 Å². The van der Waals surface area contributed by atoms with Crippen molar-refractivity contribution in [2.45, 2.75) is 0 Å². The van der Waals surface area contributed by atoms with Crippen molar-refractivity contribution >= 4 is 23.0 Å². The van der Waals surface area contributed by atoms with Crippen molar-refractivity contribution in [1.29, 1.82) is 5.26 Å². The van der Waals surface area contributed by atoms with Crippen LogP contribution in [0, 0.1) is 23.0 Å². The maximum Gasteiger partial charge on any atom is 0.267 e. The summed E-state index contributed by atoms with van der Waals surface area (Å²) in [7, 11) is 0. The lowest BCUT2D eigenvalue weighted by atomic mass is 10.2. The van der Waals surface area contributed by atoms with Gasteiger partial charge in [-0.05, 0) is 36.4 Å². The molecule has 0 aliphatic heterocycles. The zero-order valence-corrected chi connectivity index (χ0v) is 11.8. The number of nitriles is 1. The van der Waals surface area contributed by atoms with Crippen molar-refractivity contribution < 1.29 is 13.6 Å². The number of amides is 1. The number of carbonyl (C=O) groups is 1. The van der Waals surface area contributed by atoms with Gasteiger partial charge in [-0.1, -0.05) is 6.07 Å². The number of benzene rings is 2. The fourth-order valence-corrected chi connectivity index (χ4v) is 1.69. The molecule has 0 spiro atoms. The highest BCUT2D eigenvalue weighted by atomic mass is 19.1. The molecule has 0 saturated heterocycles. The fraction of sp³-hybridized carbons (Fsp3) is 0. The first-order valence-electron chi connectivity index (χ1n) is 6.49. The Morgan fingerprint density at radius 2 is 1.74 bits per heavy atom. The molecule has 23 heavy (non-hydrogen) atoms. The van der Waals surface area contributed by atoms with Crippen molar-refractivity contribution in [3.8, 4) is 6.07 Å². The predicted molar refractivity (Wildman–Crippen MR) is 83.2 cm³/mol. The molecule has 0 aliphatic rings. The topological polar surface area (TPSA) is 90.9 Å². The number of carbonyl (C=O) groups excluding carboxylic acids is 1. The number of nitrogens with zero attached hydrogens (tertiary/aromatic N) is 1. The van der Waals surface area contributed by atoms with E-state index >= 15 is 0 Å². The van der Waals surface area contributed by atoms with Gasteiger partial charge in [0.15, 0.2) is 0 Å². The summed E-state index contributed by atoms with van der Waals surface area (Å²) in [6, 6.07) is 11.3. The number of para-hydroxylation sites is 1. The maximum absolute atomic E-state index is 13.5. The van der Waals surface area contributed by atoms with E-state index in [4.69, 9.17) is 11.0 Å². The summed E-state index contributed by atoms with van der Waals surface area (Å²) >= 11 is 0. The number of halogens is 2. The van der Waals surface area contributed by atoms with Gasteiger partial charge in [0.2, 0.25) is 0 Å². The summed E-state index contributed by atoms with van der Waals surface area (Å²) in [5, 5.41) is 13.8. The number of hydrogen-bond acceptors (Lipinski definition) is 4. The molecule has 116 valence electrons. The third-order valence-corrected chi connectivity index (χ3v) is 2.86. The highest BCUT2D eigenvalue weighted by Crippen LogP contribution is 2.18. The molecular weight excluding hydrogens is 302 g/mol. The van der Waals surface area contributed by atoms with Crippen LogP contribution >= 0.6 is 0 Å². The molecule has 1 amide bonds. The molecule has 7 heteroatoms. The minimum absolute atomic E-state index is 0.343. The van der Waals surface area contributed by atoms with E-state index in [1.54, 1.807) is 30.3 Å². The second kappa shape index (κ2) is 7.04. The summed E-state index contributed by atoms with van der Waals surface area (Å²) in [6.45, 7) is 0. The summed E-state index contributed by atoms with van der Waals surface area (Å²) in [6.07, 6.45) is 0.939. The van der Waals surface area contributed by atoms with E-state index in [9.17, 15) is 13.6 Å². The molecule has 0 fully saturated rings. The van der Waals surface area contributed by atoms with Crippen LogP contribution in [0.15, 0.2) is 54.2 Å². The van der Waals surface area contributed by atoms with Gasteiger partial charge in [0, 0.05) is 17.6 Å². The number of anilines is 3. The van der Waals surface area contributed by atoms with Gasteiger partial charge in [0.1, 0.15) is 29.0 Å². The van der Waals surface area contributed by atoms with Crippen LogP contribution in [0.2, 0.25) is 0 Å². The van der Waals surface area contributed by atoms with Crippen LogP contribution in [-0.4, -0.2) is 5.91 Å². The first-order chi connectivity index (χ1) is 11.0. The summed E-state index contributed by atoms with van der Waals surface area (Å²) in [5.41, 5.74) is 5.70. The molecule has 0 unspecified atom stereocenters. The number of nitrogens with two attached hydrogens (primary N) is 1. The molecular formula is C16H12F2N4O. The van der Waals surface area contributed by atoms with E-state index in [1.807, 2.05) is 0 Å². The minimum Gasteiger partial charge on any atom is -0.399 e. The van der Waals surface area contributed by atoms with Crippen molar-refractivity contribution in [2.75, 3.05) is 16.4 Å². The first-order valence-corrected chi connectivity index (χ1v) is 6.49. The van der Waals surface area contributed by atoms with Crippen molar-refractivity contribution in [3.05, 3.63) is 65.9 Å². The van der Waals surface area contributed by atoms with Crippen LogP contribution in [0.3, 0.4) is 0 Å². The Balaban J connectivity index is 2.14. The lowest BCUT2D eigenvalue weighted by molar-refractivity contribution is -0.112. The molecule has 0 bridgehead atoms. The highest BCUT2D eigenvalue weighted by molar-refractivity contribution is 6.06. The Hall–Kier alpha value is -3.40. The van der Waals surface area contributed by atoms with Gasteiger partial charge >= 0.3 is 0 Å². The van der Waals surface area contributed by atoms with Gasteiger partial charge in [-0.2, -0.15) is 5.26 Å². The number of nitrogen functional groups attached to an aromatic ring is 1. The van der Waals surface area contributed by atoms with E-state index in [0.29, 0.717) is 11.4 Å². The number of nitrogens with one attached hydrogen (secondary N) is 2. The third-order valence-electron chi connectivity index (χ3n) is 2.86. The van der Waals surface area contributed by atoms with Crippen LogP contribution in [0.5, 0.6) is 0 Å². The maximum atomic E-state index is 13.5. The SMILES string of the molecule is N#C/C(=C/Nc1c(F)cccc1F)C(=O)Nc1ccc(N)cc1. The Labute approximate surface area is 131 Å². The van der Waals surface area contributed by atoms with E-state index in [-0.39, 0.29) is 5.57 Å². The van der Waals surface area contributed by atoms with Crippen LogP contribution in [0.25, 0.3) is 0 Å². The third kappa shape index (κ3) is 4.04. The quantitative estimate of drug-likeness (QED) is 0.459.